The molecule has 2 rings (SSSR count). The maximum absolute atomic E-state index is 14.1. The number of carbonyl (C=O) groups is 1. The first-order valence-electron chi connectivity index (χ1n) is 8.97. The van der Waals surface area contributed by atoms with Gasteiger partial charge in [0.1, 0.15) is 12.4 Å². The van der Waals surface area contributed by atoms with E-state index in [9.17, 15) is 17.6 Å². The van der Waals surface area contributed by atoms with Gasteiger partial charge in [-0.1, -0.05) is 13.8 Å². The molecule has 8 nitrogen and oxygen atoms in total. The van der Waals surface area contributed by atoms with Crippen LogP contribution in [0.1, 0.15) is 37.0 Å². The van der Waals surface area contributed by atoms with Crippen LogP contribution in [0.4, 0.5) is 4.39 Å². The predicted octanol–water partition coefficient (Wildman–Crippen LogP) is 2.43. The second kappa shape index (κ2) is 10.1. The van der Waals surface area contributed by atoms with Crippen molar-refractivity contribution in [2.45, 2.75) is 39.1 Å². The Morgan fingerprint density at radius 1 is 1.39 bits per heavy atom. The van der Waals surface area contributed by atoms with E-state index in [1.165, 1.54) is 6.07 Å². The maximum atomic E-state index is 14.1. The summed E-state index contributed by atoms with van der Waals surface area (Å²) in [7, 11) is -4.24. The molecule has 0 amide bonds. The highest BCUT2D eigenvalue weighted by Gasteiger charge is 2.23. The standard InChI is InChI=1S/C18H25FO8S/c1-12(2)18(26-11-14-4-3-7-24-14)27-16-10-13(5-6-15(16)19)17(20)25-8-9-28(21,22)23/h5-6,10,12,14,18H,3-4,7-9,11H2,1-2H3,(H,21,22,23). The molecule has 158 valence electrons. The molecule has 2 atom stereocenters. The van der Waals surface area contributed by atoms with Crippen molar-refractivity contribution in [3.05, 3.63) is 29.6 Å². The van der Waals surface area contributed by atoms with Crippen LogP contribution in [0.5, 0.6) is 5.75 Å². The minimum atomic E-state index is -4.24. The molecule has 1 N–H and O–H groups in total. The topological polar surface area (TPSA) is 108 Å². The average molecular weight is 420 g/mol. The summed E-state index contributed by atoms with van der Waals surface area (Å²) >= 11 is 0. The molecule has 2 unspecified atom stereocenters. The first-order valence-corrected chi connectivity index (χ1v) is 10.6. The number of rotatable bonds is 10. The second-order valence-electron chi connectivity index (χ2n) is 6.77. The Hall–Kier alpha value is -1.75. The Morgan fingerprint density at radius 2 is 2.14 bits per heavy atom. The average Bonchev–Trinajstić information content (AvgIpc) is 3.12. The molecule has 0 radical (unpaired) electrons. The van der Waals surface area contributed by atoms with Gasteiger partial charge in [-0.05, 0) is 31.0 Å². The summed E-state index contributed by atoms with van der Waals surface area (Å²) in [4.78, 5) is 12.0. The number of esters is 1. The van der Waals surface area contributed by atoms with Crippen LogP contribution >= 0.6 is 0 Å². The van der Waals surface area contributed by atoms with Crippen LogP contribution in [0.2, 0.25) is 0 Å². The van der Waals surface area contributed by atoms with Gasteiger partial charge in [0.15, 0.2) is 11.6 Å². The summed E-state index contributed by atoms with van der Waals surface area (Å²) in [5, 5.41) is 0. The van der Waals surface area contributed by atoms with E-state index in [-0.39, 0.29) is 23.3 Å². The molecule has 0 aliphatic carbocycles. The number of benzene rings is 1. The van der Waals surface area contributed by atoms with Gasteiger partial charge in [-0.15, -0.1) is 0 Å². The summed E-state index contributed by atoms with van der Waals surface area (Å²) < 4.78 is 65.7. The molecule has 10 heteroatoms. The molecule has 0 saturated carbocycles. The van der Waals surface area contributed by atoms with Gasteiger partial charge in [-0.3, -0.25) is 4.55 Å². The molecular weight excluding hydrogens is 395 g/mol. The Kier molecular flexibility index (Phi) is 8.17. The fourth-order valence-corrected chi connectivity index (χ4v) is 2.80. The molecule has 1 heterocycles. The van der Waals surface area contributed by atoms with Gasteiger partial charge in [-0.25, -0.2) is 9.18 Å². The summed E-state index contributed by atoms with van der Waals surface area (Å²) in [5.41, 5.74) is -0.0200. The Morgan fingerprint density at radius 3 is 2.75 bits per heavy atom. The van der Waals surface area contributed by atoms with E-state index in [0.717, 1.165) is 25.0 Å². The van der Waals surface area contributed by atoms with E-state index >= 15 is 0 Å². The number of hydrogen-bond acceptors (Lipinski definition) is 7. The van der Waals surface area contributed by atoms with Gasteiger partial charge in [0.05, 0.1) is 18.3 Å². The van der Waals surface area contributed by atoms with E-state index in [4.69, 9.17) is 23.5 Å². The van der Waals surface area contributed by atoms with Crippen molar-refractivity contribution in [2.75, 3.05) is 25.6 Å². The van der Waals surface area contributed by atoms with Crippen LogP contribution in [0, 0.1) is 11.7 Å². The van der Waals surface area contributed by atoms with Crippen LogP contribution in [-0.4, -0.2) is 56.9 Å². The molecule has 1 aliphatic heterocycles. The zero-order valence-corrected chi connectivity index (χ0v) is 16.6. The number of carbonyl (C=O) groups excluding carboxylic acids is 1. The molecule has 1 aromatic rings. The van der Waals surface area contributed by atoms with Crippen molar-refractivity contribution in [2.24, 2.45) is 5.92 Å². The first kappa shape index (κ1) is 22.5. The number of hydrogen-bond donors (Lipinski definition) is 1. The van der Waals surface area contributed by atoms with Crippen molar-refractivity contribution in [3.8, 4) is 5.75 Å². The van der Waals surface area contributed by atoms with Crippen LogP contribution in [0.25, 0.3) is 0 Å². The summed E-state index contributed by atoms with van der Waals surface area (Å²) in [5.74, 6) is -2.55. The highest BCUT2D eigenvalue weighted by Crippen LogP contribution is 2.24. The third-order valence-corrected chi connectivity index (χ3v) is 4.68. The third kappa shape index (κ3) is 7.34. The monoisotopic (exact) mass is 420 g/mol. The Labute approximate surface area is 163 Å². The van der Waals surface area contributed by atoms with Crippen molar-refractivity contribution < 1.29 is 41.1 Å². The quantitative estimate of drug-likeness (QED) is 0.349. The fraction of sp³-hybridized carbons (Fsp3) is 0.611. The highest BCUT2D eigenvalue weighted by molar-refractivity contribution is 7.85. The van der Waals surface area contributed by atoms with E-state index < -0.39 is 40.6 Å². The van der Waals surface area contributed by atoms with Gasteiger partial charge in [0.2, 0.25) is 6.29 Å². The van der Waals surface area contributed by atoms with E-state index in [0.29, 0.717) is 13.2 Å². The van der Waals surface area contributed by atoms with Crippen molar-refractivity contribution >= 4 is 16.1 Å². The lowest BCUT2D eigenvalue weighted by Gasteiger charge is -2.24. The zero-order chi connectivity index (χ0) is 20.7. The molecule has 0 aromatic heterocycles. The van der Waals surface area contributed by atoms with Crippen molar-refractivity contribution in [1.29, 1.82) is 0 Å². The minimum absolute atomic E-state index is 0.0150. The van der Waals surface area contributed by atoms with Gasteiger partial charge < -0.3 is 18.9 Å². The van der Waals surface area contributed by atoms with Crippen LogP contribution in [0.3, 0.4) is 0 Å². The molecule has 0 spiro atoms. The smallest absolute Gasteiger partial charge is 0.338 e. The molecule has 1 saturated heterocycles. The second-order valence-corrected chi connectivity index (χ2v) is 8.34. The Balaban J connectivity index is 2.00. The highest BCUT2D eigenvalue weighted by atomic mass is 32.2. The van der Waals surface area contributed by atoms with Crippen LogP contribution in [0.15, 0.2) is 18.2 Å². The summed E-state index contributed by atoms with van der Waals surface area (Å²) in [6.45, 7) is 4.20. The summed E-state index contributed by atoms with van der Waals surface area (Å²) in [6, 6.07) is 3.40. The van der Waals surface area contributed by atoms with Crippen LogP contribution < -0.4 is 4.74 Å². The molecular formula is C18H25FO8S. The lowest BCUT2D eigenvalue weighted by molar-refractivity contribution is -0.131. The molecule has 0 bridgehead atoms. The van der Waals surface area contributed by atoms with E-state index in [2.05, 4.69) is 0 Å². The SMILES string of the molecule is CC(C)C(OCC1CCCO1)Oc1cc(C(=O)OCCS(=O)(=O)O)ccc1F. The normalized spacial score (nSPS) is 18.2. The third-order valence-electron chi connectivity index (χ3n) is 4.00. The number of halogens is 1. The fourth-order valence-electron chi connectivity index (χ4n) is 2.51. The minimum Gasteiger partial charge on any atom is -0.462 e. The summed E-state index contributed by atoms with van der Waals surface area (Å²) in [6.07, 6.45) is 1.10. The lowest BCUT2D eigenvalue weighted by Crippen LogP contribution is -2.30. The van der Waals surface area contributed by atoms with E-state index in [1.54, 1.807) is 0 Å². The van der Waals surface area contributed by atoms with E-state index in [1.807, 2.05) is 13.8 Å². The van der Waals surface area contributed by atoms with Gasteiger partial charge in [0, 0.05) is 12.5 Å². The lowest BCUT2D eigenvalue weighted by atomic mass is 10.2. The Bertz CT molecular complexity index is 759. The van der Waals surface area contributed by atoms with Crippen molar-refractivity contribution in [3.63, 3.8) is 0 Å². The molecule has 28 heavy (non-hydrogen) atoms. The molecule has 1 aliphatic rings. The van der Waals surface area contributed by atoms with Gasteiger partial charge in [0.25, 0.3) is 10.1 Å². The van der Waals surface area contributed by atoms with Gasteiger partial charge >= 0.3 is 5.97 Å². The van der Waals surface area contributed by atoms with Crippen molar-refractivity contribution in [1.82, 2.24) is 0 Å². The molecule has 1 aromatic carbocycles. The maximum Gasteiger partial charge on any atom is 0.338 e. The predicted molar refractivity (Wildman–Crippen MR) is 97.3 cm³/mol. The zero-order valence-electron chi connectivity index (χ0n) is 15.8. The van der Waals surface area contributed by atoms with Gasteiger partial charge in [-0.2, -0.15) is 8.42 Å². The largest absolute Gasteiger partial charge is 0.462 e. The molecule has 1 fully saturated rings. The number of ether oxygens (including phenoxy) is 4. The van der Waals surface area contributed by atoms with Crippen LogP contribution in [-0.2, 0) is 24.3 Å². The first-order chi connectivity index (χ1) is 13.2.